The highest BCUT2D eigenvalue weighted by atomic mass is 35.5. The summed E-state index contributed by atoms with van der Waals surface area (Å²) in [4.78, 5) is 14.2. The summed E-state index contributed by atoms with van der Waals surface area (Å²) in [5.41, 5.74) is 1.86. The first-order valence-corrected chi connectivity index (χ1v) is 9.11. The highest BCUT2D eigenvalue weighted by molar-refractivity contribution is 6.30. The SMILES string of the molecule is CN(Cc1ccc(OC(F)F)cc1)C(=O)NC(c1ccc(Cl)cc1)C1CC1. The highest BCUT2D eigenvalue weighted by Crippen LogP contribution is 2.41. The average Bonchev–Trinajstić information content (AvgIpc) is 3.46. The number of alkyl halides is 2. The molecule has 1 aliphatic carbocycles. The number of ether oxygens (including phenoxy) is 1. The minimum absolute atomic E-state index is 0.0426. The zero-order valence-electron chi connectivity index (χ0n) is 14.9. The predicted molar refractivity (Wildman–Crippen MR) is 100.0 cm³/mol. The molecule has 2 aromatic rings. The van der Waals surface area contributed by atoms with Crippen molar-refractivity contribution in [1.29, 1.82) is 0 Å². The molecular weight excluding hydrogens is 374 g/mol. The summed E-state index contributed by atoms with van der Waals surface area (Å²) in [7, 11) is 1.70. The minimum Gasteiger partial charge on any atom is -0.435 e. The van der Waals surface area contributed by atoms with Crippen molar-refractivity contribution in [2.45, 2.75) is 32.0 Å². The molecule has 0 radical (unpaired) electrons. The summed E-state index contributed by atoms with van der Waals surface area (Å²) >= 11 is 5.95. The van der Waals surface area contributed by atoms with Crippen molar-refractivity contribution < 1.29 is 18.3 Å². The lowest BCUT2D eigenvalue weighted by atomic mass is 10.0. The van der Waals surface area contributed by atoms with Crippen LogP contribution in [0, 0.1) is 5.92 Å². The van der Waals surface area contributed by atoms with E-state index >= 15 is 0 Å². The Bertz CT molecular complexity index is 765. The fourth-order valence-corrected chi connectivity index (χ4v) is 3.06. The van der Waals surface area contributed by atoms with Crippen molar-refractivity contribution in [2.24, 2.45) is 5.92 Å². The lowest BCUT2D eigenvalue weighted by Crippen LogP contribution is -2.39. The van der Waals surface area contributed by atoms with Crippen molar-refractivity contribution in [3.8, 4) is 5.75 Å². The Hall–Kier alpha value is -2.34. The van der Waals surface area contributed by atoms with Crippen molar-refractivity contribution in [3.05, 3.63) is 64.7 Å². The maximum Gasteiger partial charge on any atom is 0.387 e. The van der Waals surface area contributed by atoms with Crippen molar-refractivity contribution in [1.82, 2.24) is 10.2 Å². The van der Waals surface area contributed by atoms with Crippen LogP contribution in [0.25, 0.3) is 0 Å². The van der Waals surface area contributed by atoms with E-state index in [0.717, 1.165) is 24.0 Å². The van der Waals surface area contributed by atoms with Gasteiger partial charge >= 0.3 is 12.6 Å². The van der Waals surface area contributed by atoms with Gasteiger partial charge in [-0.1, -0.05) is 35.9 Å². The Labute approximate surface area is 162 Å². The Kier molecular flexibility index (Phi) is 6.16. The van der Waals surface area contributed by atoms with E-state index in [-0.39, 0.29) is 17.8 Å². The third kappa shape index (κ3) is 5.57. The number of halogens is 3. The predicted octanol–water partition coefficient (Wildman–Crippen LogP) is 5.23. The van der Waals surface area contributed by atoms with Gasteiger partial charge in [0.05, 0.1) is 6.04 Å². The van der Waals surface area contributed by atoms with E-state index in [1.54, 1.807) is 24.1 Å². The summed E-state index contributed by atoms with van der Waals surface area (Å²) < 4.78 is 28.7. The van der Waals surface area contributed by atoms with Gasteiger partial charge in [0.2, 0.25) is 0 Å². The number of urea groups is 1. The molecule has 1 N–H and O–H groups in total. The fourth-order valence-electron chi connectivity index (χ4n) is 2.94. The summed E-state index contributed by atoms with van der Waals surface area (Å²) in [6.07, 6.45) is 2.17. The minimum atomic E-state index is -2.85. The van der Waals surface area contributed by atoms with E-state index in [9.17, 15) is 13.6 Å². The maximum atomic E-state index is 12.6. The zero-order valence-corrected chi connectivity index (χ0v) is 15.6. The van der Waals surface area contributed by atoms with Crippen LogP contribution in [-0.4, -0.2) is 24.6 Å². The topological polar surface area (TPSA) is 41.6 Å². The van der Waals surface area contributed by atoms with Gasteiger partial charge in [-0.3, -0.25) is 0 Å². The van der Waals surface area contributed by atoms with Gasteiger partial charge in [0, 0.05) is 18.6 Å². The normalized spacial score (nSPS) is 14.7. The molecule has 0 aromatic heterocycles. The first-order chi connectivity index (χ1) is 12.9. The van der Waals surface area contributed by atoms with Crippen LogP contribution < -0.4 is 10.1 Å². The number of carbonyl (C=O) groups is 1. The Morgan fingerprint density at radius 2 is 1.81 bits per heavy atom. The Balaban J connectivity index is 1.59. The molecule has 1 unspecified atom stereocenters. The number of hydrogen-bond acceptors (Lipinski definition) is 2. The first kappa shape index (κ1) is 19.4. The van der Waals surface area contributed by atoms with Gasteiger partial charge in [-0.05, 0) is 54.2 Å². The summed E-state index contributed by atoms with van der Waals surface area (Å²) in [5, 5.41) is 3.76. The van der Waals surface area contributed by atoms with E-state index in [0.29, 0.717) is 17.5 Å². The smallest absolute Gasteiger partial charge is 0.387 e. The third-order valence-electron chi connectivity index (χ3n) is 4.52. The molecule has 1 atom stereocenters. The van der Waals surface area contributed by atoms with E-state index in [1.165, 1.54) is 12.1 Å². The summed E-state index contributed by atoms with van der Waals surface area (Å²) in [6.45, 7) is -2.49. The number of hydrogen-bond donors (Lipinski definition) is 1. The highest BCUT2D eigenvalue weighted by Gasteiger charge is 2.34. The van der Waals surface area contributed by atoms with Crippen LogP contribution in [0.5, 0.6) is 5.75 Å². The van der Waals surface area contributed by atoms with Crippen LogP contribution >= 0.6 is 11.6 Å². The van der Waals surface area contributed by atoms with Crippen LogP contribution in [0.15, 0.2) is 48.5 Å². The van der Waals surface area contributed by atoms with Crippen LogP contribution in [0.1, 0.15) is 30.0 Å². The van der Waals surface area contributed by atoms with Gasteiger partial charge in [-0.2, -0.15) is 8.78 Å². The van der Waals surface area contributed by atoms with Crippen LogP contribution in [0.2, 0.25) is 5.02 Å². The average molecular weight is 395 g/mol. The molecule has 144 valence electrons. The van der Waals surface area contributed by atoms with Gasteiger partial charge in [0.15, 0.2) is 0 Å². The molecule has 1 fully saturated rings. The number of nitrogens with zero attached hydrogens (tertiary/aromatic N) is 1. The van der Waals surface area contributed by atoms with Crippen molar-refractivity contribution >= 4 is 17.6 Å². The third-order valence-corrected chi connectivity index (χ3v) is 4.77. The van der Waals surface area contributed by atoms with Gasteiger partial charge in [-0.15, -0.1) is 0 Å². The zero-order chi connectivity index (χ0) is 19.4. The van der Waals surface area contributed by atoms with Gasteiger partial charge in [0.25, 0.3) is 0 Å². The summed E-state index contributed by atoms with van der Waals surface area (Å²) in [5.74, 6) is 0.534. The number of nitrogens with one attached hydrogen (secondary N) is 1. The van der Waals surface area contributed by atoms with E-state index < -0.39 is 6.61 Å². The largest absolute Gasteiger partial charge is 0.435 e. The number of carbonyl (C=O) groups excluding carboxylic acids is 1. The van der Waals surface area contributed by atoms with Crippen molar-refractivity contribution in [3.63, 3.8) is 0 Å². The standard InChI is InChI=1S/C20H21ClF2N2O2/c1-25(12-13-2-10-17(11-3-13)27-19(22)23)20(26)24-18(14-4-5-14)15-6-8-16(21)9-7-15/h2-3,6-11,14,18-19H,4-5,12H2,1H3,(H,24,26). The molecule has 0 aliphatic heterocycles. The molecule has 27 heavy (non-hydrogen) atoms. The molecular formula is C20H21ClF2N2O2. The number of benzene rings is 2. The first-order valence-electron chi connectivity index (χ1n) is 8.73. The fraction of sp³-hybridized carbons (Fsp3) is 0.350. The molecule has 2 aromatic carbocycles. The molecule has 3 rings (SSSR count). The molecule has 0 spiro atoms. The molecule has 0 saturated heterocycles. The second-order valence-electron chi connectivity index (χ2n) is 6.69. The molecule has 1 saturated carbocycles. The number of rotatable bonds is 7. The molecule has 0 bridgehead atoms. The Morgan fingerprint density at radius 3 is 2.37 bits per heavy atom. The van der Waals surface area contributed by atoms with Crippen LogP contribution in [0.4, 0.5) is 13.6 Å². The molecule has 1 aliphatic rings. The second kappa shape index (κ2) is 8.57. The van der Waals surface area contributed by atoms with E-state index in [2.05, 4.69) is 10.1 Å². The van der Waals surface area contributed by atoms with Crippen LogP contribution in [-0.2, 0) is 6.54 Å². The second-order valence-corrected chi connectivity index (χ2v) is 7.13. The van der Waals surface area contributed by atoms with Gasteiger partial charge < -0.3 is 15.0 Å². The molecule has 2 amide bonds. The van der Waals surface area contributed by atoms with Crippen LogP contribution in [0.3, 0.4) is 0 Å². The van der Waals surface area contributed by atoms with Gasteiger partial charge in [-0.25, -0.2) is 4.79 Å². The molecule has 7 heteroatoms. The van der Waals surface area contributed by atoms with Gasteiger partial charge in [0.1, 0.15) is 5.75 Å². The number of amides is 2. The van der Waals surface area contributed by atoms with E-state index in [1.807, 2.05) is 24.3 Å². The molecule has 4 nitrogen and oxygen atoms in total. The molecule has 0 heterocycles. The quantitative estimate of drug-likeness (QED) is 0.698. The lowest BCUT2D eigenvalue weighted by Gasteiger charge is -2.24. The van der Waals surface area contributed by atoms with Crippen molar-refractivity contribution in [2.75, 3.05) is 7.05 Å². The maximum absolute atomic E-state index is 12.6. The monoisotopic (exact) mass is 394 g/mol. The lowest BCUT2D eigenvalue weighted by molar-refractivity contribution is -0.0498. The van der Waals surface area contributed by atoms with E-state index in [4.69, 9.17) is 11.6 Å². The summed E-state index contributed by atoms with van der Waals surface area (Å²) in [6, 6.07) is 13.6. The Morgan fingerprint density at radius 1 is 1.19 bits per heavy atom.